The van der Waals surface area contributed by atoms with Crippen molar-refractivity contribution in [2.75, 3.05) is 44.5 Å². The van der Waals surface area contributed by atoms with Crippen LogP contribution in [0.25, 0.3) is 0 Å². The number of nitrogens with one attached hydrogen (secondary N) is 2. The van der Waals surface area contributed by atoms with Crippen LogP contribution in [0.3, 0.4) is 0 Å². The fraction of sp³-hybridized carbons (Fsp3) is 0.423. The van der Waals surface area contributed by atoms with Crippen molar-refractivity contribution in [3.8, 4) is 5.75 Å². The van der Waals surface area contributed by atoms with E-state index in [1.54, 1.807) is 37.3 Å². The number of methoxy groups -OCH3 is 1. The first kappa shape index (κ1) is 26.9. The molecular formula is C26H33FN4O5. The summed E-state index contributed by atoms with van der Waals surface area (Å²) in [4.78, 5) is 41.4. The normalized spacial score (nSPS) is 20.9. The predicted molar refractivity (Wildman–Crippen MR) is 135 cm³/mol. The standard InChI is InChI=1S/C26H33FN4O5/c1-16-13-31(18(3)32)17(2)15-36-23-11-10-19(12-20(23)25(33)30(4)14-24(16)35-5)28-26(34)29-22-9-7-6-8-21(22)27/h6-12,16-17,24H,13-15H2,1-5H3,(H2,28,29,34)/t16-,17-,24+/m1/s1. The second-order valence-electron chi connectivity index (χ2n) is 9.04. The monoisotopic (exact) mass is 500 g/mol. The molecule has 4 amide bonds. The van der Waals surface area contributed by atoms with Gasteiger partial charge < -0.3 is 29.9 Å². The molecule has 0 spiro atoms. The van der Waals surface area contributed by atoms with E-state index >= 15 is 0 Å². The number of hydrogen-bond donors (Lipinski definition) is 2. The van der Waals surface area contributed by atoms with Crippen molar-refractivity contribution < 1.29 is 28.2 Å². The zero-order valence-electron chi connectivity index (χ0n) is 21.2. The second-order valence-corrected chi connectivity index (χ2v) is 9.04. The Morgan fingerprint density at radius 3 is 2.50 bits per heavy atom. The summed E-state index contributed by atoms with van der Waals surface area (Å²) in [5.41, 5.74) is 0.602. The molecule has 3 rings (SSSR count). The molecule has 0 radical (unpaired) electrons. The average Bonchev–Trinajstić information content (AvgIpc) is 2.84. The summed E-state index contributed by atoms with van der Waals surface area (Å²) >= 11 is 0. The summed E-state index contributed by atoms with van der Waals surface area (Å²) in [6.45, 7) is 6.32. The third-order valence-electron chi connectivity index (χ3n) is 6.23. The smallest absolute Gasteiger partial charge is 0.323 e. The van der Waals surface area contributed by atoms with Crippen molar-refractivity contribution in [1.29, 1.82) is 0 Å². The van der Waals surface area contributed by atoms with E-state index in [4.69, 9.17) is 9.47 Å². The number of para-hydroxylation sites is 1. The van der Waals surface area contributed by atoms with Gasteiger partial charge in [0.25, 0.3) is 5.91 Å². The first-order valence-corrected chi connectivity index (χ1v) is 11.8. The van der Waals surface area contributed by atoms with Crippen molar-refractivity contribution >= 4 is 29.2 Å². The van der Waals surface area contributed by atoms with Crippen molar-refractivity contribution in [2.45, 2.75) is 32.9 Å². The highest BCUT2D eigenvalue weighted by molar-refractivity contribution is 6.02. The number of urea groups is 1. The first-order valence-electron chi connectivity index (χ1n) is 11.8. The van der Waals surface area contributed by atoms with Crippen LogP contribution >= 0.6 is 0 Å². The van der Waals surface area contributed by atoms with E-state index in [2.05, 4.69) is 10.6 Å². The highest BCUT2D eigenvalue weighted by atomic mass is 19.1. The zero-order valence-corrected chi connectivity index (χ0v) is 21.2. The first-order chi connectivity index (χ1) is 17.1. The molecule has 3 atom stereocenters. The van der Waals surface area contributed by atoms with Crippen LogP contribution in [0, 0.1) is 11.7 Å². The van der Waals surface area contributed by atoms with Gasteiger partial charge in [0.15, 0.2) is 0 Å². The van der Waals surface area contributed by atoms with Crippen LogP contribution in [-0.4, -0.2) is 73.6 Å². The van der Waals surface area contributed by atoms with E-state index in [1.165, 1.54) is 36.1 Å². The van der Waals surface area contributed by atoms with Gasteiger partial charge in [0.2, 0.25) is 5.91 Å². The van der Waals surface area contributed by atoms with Crippen LogP contribution in [-0.2, 0) is 9.53 Å². The predicted octanol–water partition coefficient (Wildman–Crippen LogP) is 3.82. The van der Waals surface area contributed by atoms with Crippen molar-refractivity contribution in [3.63, 3.8) is 0 Å². The number of halogens is 1. The van der Waals surface area contributed by atoms with Crippen LogP contribution in [0.2, 0.25) is 0 Å². The molecule has 0 aromatic heterocycles. The minimum atomic E-state index is -0.658. The fourth-order valence-corrected chi connectivity index (χ4v) is 4.14. The third-order valence-corrected chi connectivity index (χ3v) is 6.23. The Kier molecular flexibility index (Phi) is 8.87. The van der Waals surface area contributed by atoms with Crippen LogP contribution in [0.1, 0.15) is 31.1 Å². The number of amides is 4. The van der Waals surface area contributed by atoms with Gasteiger partial charge in [-0.05, 0) is 37.3 Å². The number of hydrogen-bond acceptors (Lipinski definition) is 5. The molecule has 1 heterocycles. The topological polar surface area (TPSA) is 100 Å². The molecule has 36 heavy (non-hydrogen) atoms. The number of rotatable bonds is 3. The van der Waals surface area contributed by atoms with E-state index in [0.29, 0.717) is 24.5 Å². The van der Waals surface area contributed by atoms with Crippen LogP contribution in [0.4, 0.5) is 20.6 Å². The third kappa shape index (κ3) is 6.51. The Balaban J connectivity index is 1.89. The molecule has 0 saturated carbocycles. The number of benzene rings is 2. The lowest BCUT2D eigenvalue weighted by atomic mass is 10.0. The molecular weight excluding hydrogens is 467 g/mol. The quantitative estimate of drug-likeness (QED) is 0.668. The molecule has 2 aromatic rings. The van der Waals surface area contributed by atoms with Gasteiger partial charge in [0.05, 0.1) is 23.4 Å². The molecule has 0 saturated heterocycles. The minimum absolute atomic E-state index is 0.0317. The summed E-state index contributed by atoms with van der Waals surface area (Å²) in [6, 6.07) is 9.61. The SMILES string of the molecule is CO[C@H]1CN(C)C(=O)c2cc(NC(=O)Nc3ccccc3F)ccc2OC[C@@H](C)N(C(C)=O)C[C@H]1C. The van der Waals surface area contributed by atoms with Gasteiger partial charge in [0, 0.05) is 45.8 Å². The number of carbonyl (C=O) groups is 3. The average molecular weight is 501 g/mol. The maximum absolute atomic E-state index is 13.9. The summed E-state index contributed by atoms with van der Waals surface area (Å²) < 4.78 is 25.5. The lowest BCUT2D eigenvalue weighted by Gasteiger charge is -2.35. The minimum Gasteiger partial charge on any atom is -0.491 e. The number of anilines is 2. The molecule has 1 aliphatic heterocycles. The molecule has 0 unspecified atom stereocenters. The molecule has 194 valence electrons. The number of ether oxygens (including phenoxy) is 2. The van der Waals surface area contributed by atoms with E-state index in [1.807, 2.05) is 13.8 Å². The van der Waals surface area contributed by atoms with Gasteiger partial charge in [-0.1, -0.05) is 19.1 Å². The molecule has 0 fully saturated rings. The summed E-state index contributed by atoms with van der Waals surface area (Å²) in [6.07, 6.45) is -0.301. The van der Waals surface area contributed by atoms with Crippen molar-refractivity contribution in [3.05, 3.63) is 53.8 Å². The molecule has 2 N–H and O–H groups in total. The Morgan fingerprint density at radius 1 is 1.11 bits per heavy atom. The van der Waals surface area contributed by atoms with Gasteiger partial charge in [-0.25, -0.2) is 9.18 Å². The van der Waals surface area contributed by atoms with Gasteiger partial charge in [0.1, 0.15) is 18.2 Å². The van der Waals surface area contributed by atoms with Crippen molar-refractivity contribution in [1.82, 2.24) is 9.80 Å². The van der Waals surface area contributed by atoms with E-state index < -0.39 is 11.8 Å². The Hall–Kier alpha value is -3.66. The zero-order chi connectivity index (χ0) is 26.4. The van der Waals surface area contributed by atoms with Crippen LogP contribution in [0.15, 0.2) is 42.5 Å². The second kappa shape index (κ2) is 11.9. The number of likely N-dealkylation sites (N-methyl/N-ethyl adjacent to an activating group) is 1. The van der Waals surface area contributed by atoms with Crippen LogP contribution in [0.5, 0.6) is 5.75 Å². The molecule has 0 bridgehead atoms. The largest absolute Gasteiger partial charge is 0.491 e. The molecule has 10 heteroatoms. The summed E-state index contributed by atoms with van der Waals surface area (Å²) in [7, 11) is 3.24. The number of fused-ring (bicyclic) bond motifs is 1. The highest BCUT2D eigenvalue weighted by Crippen LogP contribution is 2.27. The Labute approximate surface area is 210 Å². The van der Waals surface area contributed by atoms with Crippen LogP contribution < -0.4 is 15.4 Å². The summed E-state index contributed by atoms with van der Waals surface area (Å²) in [5.74, 6) is -0.662. The fourth-order valence-electron chi connectivity index (χ4n) is 4.14. The van der Waals surface area contributed by atoms with Gasteiger partial charge in [-0.15, -0.1) is 0 Å². The molecule has 1 aliphatic rings. The van der Waals surface area contributed by atoms with Gasteiger partial charge in [-0.3, -0.25) is 9.59 Å². The summed E-state index contributed by atoms with van der Waals surface area (Å²) in [5, 5.41) is 5.08. The van der Waals surface area contributed by atoms with E-state index in [-0.39, 0.29) is 47.7 Å². The maximum atomic E-state index is 13.9. The van der Waals surface area contributed by atoms with Crippen molar-refractivity contribution in [2.24, 2.45) is 5.92 Å². The lowest BCUT2D eigenvalue weighted by molar-refractivity contribution is -0.133. The number of nitrogens with zero attached hydrogens (tertiary/aromatic N) is 2. The molecule has 2 aromatic carbocycles. The Morgan fingerprint density at radius 2 is 1.83 bits per heavy atom. The molecule has 9 nitrogen and oxygen atoms in total. The molecule has 0 aliphatic carbocycles. The Bertz CT molecular complexity index is 1110. The van der Waals surface area contributed by atoms with E-state index in [9.17, 15) is 18.8 Å². The maximum Gasteiger partial charge on any atom is 0.323 e. The lowest BCUT2D eigenvalue weighted by Crippen LogP contribution is -2.48. The van der Waals surface area contributed by atoms with Gasteiger partial charge in [-0.2, -0.15) is 0 Å². The van der Waals surface area contributed by atoms with Gasteiger partial charge >= 0.3 is 6.03 Å². The van der Waals surface area contributed by atoms with E-state index in [0.717, 1.165) is 0 Å². The number of carbonyl (C=O) groups excluding carboxylic acids is 3. The highest BCUT2D eigenvalue weighted by Gasteiger charge is 2.29.